The molecule has 24 heavy (non-hydrogen) atoms. The number of nitrogens with zero attached hydrogens (tertiary/aromatic N) is 5. The molecule has 0 amide bonds. The van der Waals surface area contributed by atoms with E-state index in [2.05, 4.69) is 38.2 Å². The van der Waals surface area contributed by atoms with Gasteiger partial charge in [-0.25, -0.2) is 19.9 Å². The summed E-state index contributed by atoms with van der Waals surface area (Å²) >= 11 is 1.72. The molecule has 6 nitrogen and oxygen atoms in total. The molecule has 0 bridgehead atoms. The largest absolute Gasteiger partial charge is 0.365 e. The lowest BCUT2D eigenvalue weighted by atomic mass is 10.2. The van der Waals surface area contributed by atoms with E-state index in [1.165, 1.54) is 4.88 Å². The molecule has 0 aliphatic carbocycles. The monoisotopic (exact) mass is 336 g/mol. The molecule has 0 spiro atoms. The van der Waals surface area contributed by atoms with Gasteiger partial charge in [0.05, 0.1) is 5.39 Å². The summed E-state index contributed by atoms with van der Waals surface area (Å²) in [6, 6.07) is 6.21. The Morgan fingerprint density at radius 2 is 2.12 bits per heavy atom. The quantitative estimate of drug-likeness (QED) is 0.604. The number of hydrogen-bond acceptors (Lipinski definition) is 6. The Kier molecular flexibility index (Phi) is 3.92. The Bertz CT molecular complexity index is 960. The van der Waals surface area contributed by atoms with Gasteiger partial charge in [0.25, 0.3) is 0 Å². The fourth-order valence-corrected chi connectivity index (χ4v) is 3.45. The van der Waals surface area contributed by atoms with Gasteiger partial charge in [0, 0.05) is 30.0 Å². The van der Waals surface area contributed by atoms with Crippen molar-refractivity contribution < 1.29 is 0 Å². The summed E-state index contributed by atoms with van der Waals surface area (Å²) in [5.41, 5.74) is 1.13. The molecule has 0 fully saturated rings. The molecule has 1 N–H and O–H groups in total. The number of pyridine rings is 1. The maximum atomic E-state index is 4.40. The van der Waals surface area contributed by atoms with Crippen LogP contribution in [0.5, 0.6) is 0 Å². The van der Waals surface area contributed by atoms with E-state index in [1.807, 2.05) is 29.1 Å². The smallest absolute Gasteiger partial charge is 0.138 e. The zero-order valence-electron chi connectivity index (χ0n) is 13.2. The molecule has 4 aromatic rings. The second-order valence-corrected chi connectivity index (χ2v) is 6.47. The molecule has 120 valence electrons. The van der Waals surface area contributed by atoms with Crippen LogP contribution in [-0.2, 0) is 13.0 Å². The fraction of sp³-hybridized carbons (Fsp3) is 0.176. The molecular weight excluding hydrogens is 320 g/mol. The lowest BCUT2D eigenvalue weighted by Gasteiger charge is -2.08. The van der Waals surface area contributed by atoms with Gasteiger partial charge in [-0.2, -0.15) is 0 Å². The van der Waals surface area contributed by atoms with E-state index in [9.17, 15) is 0 Å². The van der Waals surface area contributed by atoms with Crippen molar-refractivity contribution in [2.24, 2.45) is 0 Å². The lowest BCUT2D eigenvalue weighted by Crippen LogP contribution is -2.03. The molecule has 0 unspecified atom stereocenters. The number of imidazole rings is 1. The first-order chi connectivity index (χ1) is 11.8. The van der Waals surface area contributed by atoms with Crippen LogP contribution >= 0.6 is 11.3 Å². The summed E-state index contributed by atoms with van der Waals surface area (Å²) in [5.74, 6) is 1.72. The van der Waals surface area contributed by atoms with Gasteiger partial charge in [-0.15, -0.1) is 11.3 Å². The highest BCUT2D eigenvalue weighted by Gasteiger charge is 2.08. The van der Waals surface area contributed by atoms with E-state index in [1.54, 1.807) is 30.2 Å². The number of hydrogen-bond donors (Lipinski definition) is 1. The maximum Gasteiger partial charge on any atom is 0.138 e. The predicted octanol–water partition coefficient (Wildman–Crippen LogP) is 3.45. The zero-order chi connectivity index (χ0) is 16.4. The van der Waals surface area contributed by atoms with Crippen molar-refractivity contribution in [3.8, 4) is 5.82 Å². The van der Waals surface area contributed by atoms with Gasteiger partial charge in [-0.1, -0.05) is 6.92 Å². The van der Waals surface area contributed by atoms with Crippen LogP contribution in [-0.4, -0.2) is 24.5 Å². The average Bonchev–Trinajstić information content (AvgIpc) is 3.29. The standard InChI is InChI=1S/C17H16N6S/c1-2-13-8-14-16(21-10-22-17(14)24-13)20-9-12-3-4-19-15(7-12)23-6-5-18-11-23/h3-8,10-11H,2,9H2,1H3,(H,20,21,22). The molecule has 0 aliphatic rings. The molecule has 4 heterocycles. The number of anilines is 1. The van der Waals surface area contributed by atoms with E-state index < -0.39 is 0 Å². The Labute approximate surface area is 143 Å². The molecule has 7 heteroatoms. The van der Waals surface area contributed by atoms with Crippen molar-refractivity contribution in [2.45, 2.75) is 19.9 Å². The summed E-state index contributed by atoms with van der Waals surface area (Å²) in [7, 11) is 0. The van der Waals surface area contributed by atoms with Crippen LogP contribution in [0.15, 0.2) is 49.4 Å². The van der Waals surface area contributed by atoms with Gasteiger partial charge in [0.2, 0.25) is 0 Å². The number of nitrogens with one attached hydrogen (secondary N) is 1. The van der Waals surface area contributed by atoms with Crippen LogP contribution in [0.25, 0.3) is 16.0 Å². The van der Waals surface area contributed by atoms with Gasteiger partial charge < -0.3 is 5.32 Å². The van der Waals surface area contributed by atoms with E-state index in [4.69, 9.17) is 0 Å². The highest BCUT2D eigenvalue weighted by Crippen LogP contribution is 2.28. The summed E-state index contributed by atoms with van der Waals surface area (Å²) < 4.78 is 1.89. The van der Waals surface area contributed by atoms with Crippen molar-refractivity contribution in [1.29, 1.82) is 0 Å². The maximum absolute atomic E-state index is 4.40. The minimum absolute atomic E-state index is 0.674. The molecule has 4 aromatic heterocycles. The van der Waals surface area contributed by atoms with Crippen LogP contribution in [0.4, 0.5) is 5.82 Å². The third-order valence-corrected chi connectivity index (χ3v) is 4.96. The van der Waals surface area contributed by atoms with E-state index in [0.717, 1.165) is 33.8 Å². The molecule has 4 rings (SSSR count). The first-order valence-corrected chi connectivity index (χ1v) is 8.55. The molecule has 0 atom stereocenters. The Hall–Kier alpha value is -2.80. The third kappa shape index (κ3) is 2.85. The van der Waals surface area contributed by atoms with E-state index >= 15 is 0 Å². The van der Waals surface area contributed by atoms with Gasteiger partial charge >= 0.3 is 0 Å². The van der Waals surface area contributed by atoms with Crippen molar-refractivity contribution in [1.82, 2.24) is 24.5 Å². The van der Waals surface area contributed by atoms with Crippen LogP contribution in [0, 0.1) is 0 Å². The second-order valence-electron chi connectivity index (χ2n) is 5.35. The van der Waals surface area contributed by atoms with Gasteiger partial charge in [-0.05, 0) is 30.2 Å². The minimum Gasteiger partial charge on any atom is -0.365 e. The molecular formula is C17H16N6S. The van der Waals surface area contributed by atoms with Crippen molar-refractivity contribution in [2.75, 3.05) is 5.32 Å². The predicted molar refractivity (Wildman–Crippen MR) is 95.5 cm³/mol. The van der Waals surface area contributed by atoms with Gasteiger partial charge in [-0.3, -0.25) is 4.57 Å². The van der Waals surface area contributed by atoms with Crippen LogP contribution in [0.1, 0.15) is 17.4 Å². The first kappa shape index (κ1) is 14.8. The Balaban J connectivity index is 1.57. The molecule has 0 saturated carbocycles. The first-order valence-electron chi connectivity index (χ1n) is 7.74. The van der Waals surface area contributed by atoms with E-state index in [0.29, 0.717) is 6.54 Å². The van der Waals surface area contributed by atoms with E-state index in [-0.39, 0.29) is 0 Å². The molecule has 0 saturated heterocycles. The van der Waals surface area contributed by atoms with Crippen molar-refractivity contribution >= 4 is 27.4 Å². The zero-order valence-corrected chi connectivity index (χ0v) is 14.0. The molecule has 0 radical (unpaired) electrons. The summed E-state index contributed by atoms with van der Waals surface area (Å²) in [5, 5.41) is 4.50. The topological polar surface area (TPSA) is 68.5 Å². The number of rotatable bonds is 5. The van der Waals surface area contributed by atoms with Gasteiger partial charge in [0.15, 0.2) is 0 Å². The average molecular weight is 336 g/mol. The van der Waals surface area contributed by atoms with Crippen LogP contribution < -0.4 is 5.32 Å². The summed E-state index contributed by atoms with van der Waals surface area (Å²) in [6.07, 6.45) is 9.80. The van der Waals surface area contributed by atoms with Crippen molar-refractivity contribution in [3.63, 3.8) is 0 Å². The number of thiophene rings is 1. The Morgan fingerprint density at radius 1 is 1.17 bits per heavy atom. The number of aryl methyl sites for hydroxylation is 1. The Morgan fingerprint density at radius 3 is 2.96 bits per heavy atom. The molecule has 0 aromatic carbocycles. The number of fused-ring (bicyclic) bond motifs is 1. The van der Waals surface area contributed by atoms with Crippen LogP contribution in [0.2, 0.25) is 0 Å². The third-order valence-electron chi connectivity index (χ3n) is 3.77. The summed E-state index contributed by atoms with van der Waals surface area (Å²) in [6.45, 7) is 2.83. The lowest BCUT2D eigenvalue weighted by molar-refractivity contribution is 0.977. The summed E-state index contributed by atoms with van der Waals surface area (Å²) in [4.78, 5) is 19.5. The second kappa shape index (κ2) is 6.37. The highest BCUT2D eigenvalue weighted by atomic mass is 32.1. The highest BCUT2D eigenvalue weighted by molar-refractivity contribution is 7.18. The SMILES string of the molecule is CCc1cc2c(NCc3ccnc(-n4ccnc4)c3)ncnc2s1. The number of aromatic nitrogens is 5. The molecule has 0 aliphatic heterocycles. The van der Waals surface area contributed by atoms with Crippen molar-refractivity contribution in [3.05, 3.63) is 59.9 Å². The fourth-order valence-electron chi connectivity index (χ4n) is 2.51. The minimum atomic E-state index is 0.674. The van der Waals surface area contributed by atoms with Gasteiger partial charge in [0.1, 0.15) is 29.1 Å². The van der Waals surface area contributed by atoms with Crippen LogP contribution in [0.3, 0.4) is 0 Å². The normalized spacial score (nSPS) is 11.0.